The molecule has 0 spiro atoms. The third-order valence-electron chi connectivity index (χ3n) is 5.07. The lowest BCUT2D eigenvalue weighted by Crippen LogP contribution is -2.29. The molecule has 4 rings (SSSR count). The van der Waals surface area contributed by atoms with E-state index in [9.17, 15) is 4.79 Å². The molecule has 1 amide bonds. The highest BCUT2D eigenvalue weighted by Gasteiger charge is 2.32. The van der Waals surface area contributed by atoms with E-state index >= 15 is 0 Å². The van der Waals surface area contributed by atoms with Crippen LogP contribution in [0.2, 0.25) is 0 Å². The Morgan fingerprint density at radius 1 is 1.29 bits per heavy atom. The maximum absolute atomic E-state index is 12.6. The normalized spacial score (nSPS) is 23.4. The summed E-state index contributed by atoms with van der Waals surface area (Å²) >= 11 is 0. The molecule has 24 heavy (non-hydrogen) atoms. The molecular formula is C17H22N6O. The molecule has 3 N–H and O–H groups in total. The Morgan fingerprint density at radius 3 is 2.96 bits per heavy atom. The van der Waals surface area contributed by atoms with Crippen LogP contribution in [-0.2, 0) is 4.79 Å². The highest BCUT2D eigenvalue weighted by molar-refractivity contribution is 5.93. The Balaban J connectivity index is 1.52. The Bertz CT molecular complexity index is 738. The molecule has 0 bridgehead atoms. The number of nitrogens with zero attached hydrogens (tertiary/aromatic N) is 4. The van der Waals surface area contributed by atoms with Crippen LogP contribution < -0.4 is 11.1 Å². The van der Waals surface area contributed by atoms with Gasteiger partial charge in [-0.25, -0.2) is 4.68 Å². The second-order valence-corrected chi connectivity index (χ2v) is 6.78. The van der Waals surface area contributed by atoms with Gasteiger partial charge in [-0.15, -0.1) is 5.10 Å². The van der Waals surface area contributed by atoms with Gasteiger partial charge in [-0.2, -0.15) is 0 Å². The molecule has 2 aliphatic carbocycles. The summed E-state index contributed by atoms with van der Waals surface area (Å²) in [5.74, 6) is 1.15. The molecule has 1 aromatic heterocycles. The first kappa shape index (κ1) is 15.3. The molecule has 2 aromatic rings. The summed E-state index contributed by atoms with van der Waals surface area (Å²) in [7, 11) is 0. The minimum Gasteiger partial charge on any atom is -0.330 e. The first-order chi connectivity index (χ1) is 11.8. The summed E-state index contributed by atoms with van der Waals surface area (Å²) in [6.07, 6.45) is 5.29. The zero-order chi connectivity index (χ0) is 16.5. The van der Waals surface area contributed by atoms with Crippen molar-refractivity contribution in [3.63, 3.8) is 0 Å². The summed E-state index contributed by atoms with van der Waals surface area (Å²) in [6, 6.07) is 8.15. The van der Waals surface area contributed by atoms with Crippen molar-refractivity contribution in [3.8, 4) is 11.4 Å². The topological polar surface area (TPSA) is 98.7 Å². The molecule has 126 valence electrons. The van der Waals surface area contributed by atoms with E-state index in [1.54, 1.807) is 0 Å². The number of carbonyl (C=O) groups is 1. The SMILES string of the molecule is NC[C@H]1CCC[C@H]1C(=O)Nc1cccc(-c2nnnn2C2CC2)c1. The Kier molecular flexibility index (Phi) is 4.02. The van der Waals surface area contributed by atoms with Crippen LogP contribution in [0.3, 0.4) is 0 Å². The van der Waals surface area contributed by atoms with Crippen LogP contribution in [0.5, 0.6) is 0 Å². The molecule has 7 heteroatoms. The predicted octanol–water partition coefficient (Wildman–Crippen LogP) is 1.99. The van der Waals surface area contributed by atoms with Gasteiger partial charge in [-0.05, 0) is 60.7 Å². The van der Waals surface area contributed by atoms with E-state index in [0.717, 1.165) is 49.2 Å². The summed E-state index contributed by atoms with van der Waals surface area (Å²) in [4.78, 5) is 12.6. The number of hydrogen-bond donors (Lipinski definition) is 2. The molecule has 0 unspecified atom stereocenters. The van der Waals surface area contributed by atoms with Crippen molar-refractivity contribution in [2.75, 3.05) is 11.9 Å². The van der Waals surface area contributed by atoms with Crippen LogP contribution in [0.15, 0.2) is 24.3 Å². The molecule has 2 saturated carbocycles. The fraction of sp³-hybridized carbons (Fsp3) is 0.529. The molecule has 2 atom stereocenters. The summed E-state index contributed by atoms with van der Waals surface area (Å²) in [5, 5.41) is 15.1. The zero-order valence-electron chi connectivity index (χ0n) is 13.6. The molecule has 0 radical (unpaired) electrons. The van der Waals surface area contributed by atoms with Gasteiger partial charge in [0.15, 0.2) is 5.82 Å². The summed E-state index contributed by atoms with van der Waals surface area (Å²) < 4.78 is 1.88. The van der Waals surface area contributed by atoms with Crippen LogP contribution in [0.1, 0.15) is 38.1 Å². The average molecular weight is 326 g/mol. The van der Waals surface area contributed by atoms with Gasteiger partial charge in [0.25, 0.3) is 0 Å². The van der Waals surface area contributed by atoms with E-state index in [-0.39, 0.29) is 11.8 Å². The van der Waals surface area contributed by atoms with E-state index < -0.39 is 0 Å². The molecule has 0 aliphatic heterocycles. The molecule has 0 saturated heterocycles. The smallest absolute Gasteiger partial charge is 0.227 e. The van der Waals surface area contributed by atoms with Crippen LogP contribution >= 0.6 is 0 Å². The van der Waals surface area contributed by atoms with Gasteiger partial charge in [0.05, 0.1) is 6.04 Å². The fourth-order valence-electron chi connectivity index (χ4n) is 3.58. The van der Waals surface area contributed by atoms with Gasteiger partial charge in [0.2, 0.25) is 5.91 Å². The standard InChI is InChI=1S/C17H22N6O/c18-10-12-4-2-6-15(12)17(24)19-13-5-1-3-11(9-13)16-20-21-22-23(16)14-7-8-14/h1,3,5,9,12,14-15H,2,4,6-8,10,18H2,(H,19,24)/t12-,15-/m1/s1. The van der Waals surface area contributed by atoms with E-state index in [0.29, 0.717) is 18.5 Å². The van der Waals surface area contributed by atoms with E-state index in [1.165, 1.54) is 0 Å². The lowest BCUT2D eigenvalue weighted by Gasteiger charge is -2.17. The van der Waals surface area contributed by atoms with Crippen molar-refractivity contribution >= 4 is 11.6 Å². The van der Waals surface area contributed by atoms with E-state index in [2.05, 4.69) is 20.8 Å². The number of amides is 1. The van der Waals surface area contributed by atoms with Crippen LogP contribution in [0.25, 0.3) is 11.4 Å². The molecule has 7 nitrogen and oxygen atoms in total. The van der Waals surface area contributed by atoms with E-state index in [1.807, 2.05) is 28.9 Å². The highest BCUT2D eigenvalue weighted by atomic mass is 16.1. The van der Waals surface area contributed by atoms with Crippen molar-refractivity contribution in [2.24, 2.45) is 17.6 Å². The molecule has 2 aliphatic rings. The second-order valence-electron chi connectivity index (χ2n) is 6.78. The van der Waals surface area contributed by atoms with Gasteiger partial charge >= 0.3 is 0 Å². The first-order valence-corrected chi connectivity index (χ1v) is 8.65. The first-order valence-electron chi connectivity index (χ1n) is 8.65. The quantitative estimate of drug-likeness (QED) is 0.875. The average Bonchev–Trinajstić information content (AvgIpc) is 3.14. The minimum absolute atomic E-state index is 0.0236. The van der Waals surface area contributed by atoms with Crippen LogP contribution in [0, 0.1) is 11.8 Å². The van der Waals surface area contributed by atoms with Gasteiger partial charge in [0, 0.05) is 17.2 Å². The Labute approximate surface area is 140 Å². The van der Waals surface area contributed by atoms with E-state index in [4.69, 9.17) is 5.73 Å². The maximum Gasteiger partial charge on any atom is 0.227 e. The van der Waals surface area contributed by atoms with Crippen molar-refractivity contribution in [2.45, 2.75) is 38.1 Å². The van der Waals surface area contributed by atoms with Crippen LogP contribution in [-0.4, -0.2) is 32.7 Å². The van der Waals surface area contributed by atoms with Gasteiger partial charge < -0.3 is 11.1 Å². The Hall–Kier alpha value is -2.28. The monoisotopic (exact) mass is 326 g/mol. The van der Waals surface area contributed by atoms with Crippen molar-refractivity contribution in [1.82, 2.24) is 20.2 Å². The lowest BCUT2D eigenvalue weighted by atomic mass is 9.95. The third kappa shape index (κ3) is 2.91. The number of nitrogens with two attached hydrogens (primary N) is 1. The maximum atomic E-state index is 12.6. The van der Waals surface area contributed by atoms with Crippen LogP contribution in [0.4, 0.5) is 5.69 Å². The summed E-state index contributed by atoms with van der Waals surface area (Å²) in [6.45, 7) is 0.578. The molecular weight excluding hydrogens is 304 g/mol. The second kappa shape index (κ2) is 6.32. The summed E-state index contributed by atoms with van der Waals surface area (Å²) in [5.41, 5.74) is 7.50. The van der Waals surface area contributed by atoms with Crippen molar-refractivity contribution in [1.29, 1.82) is 0 Å². The largest absolute Gasteiger partial charge is 0.330 e. The van der Waals surface area contributed by atoms with Crippen molar-refractivity contribution < 1.29 is 4.79 Å². The predicted molar refractivity (Wildman–Crippen MR) is 90.0 cm³/mol. The number of carbonyl (C=O) groups excluding carboxylic acids is 1. The zero-order valence-corrected chi connectivity index (χ0v) is 13.6. The molecule has 2 fully saturated rings. The molecule has 1 aromatic carbocycles. The number of tetrazole rings is 1. The molecule has 1 heterocycles. The van der Waals surface area contributed by atoms with Gasteiger partial charge in [0.1, 0.15) is 0 Å². The highest BCUT2D eigenvalue weighted by Crippen LogP contribution is 2.37. The number of rotatable bonds is 5. The number of aromatic nitrogens is 4. The minimum atomic E-state index is 0.0236. The van der Waals surface area contributed by atoms with Crippen molar-refractivity contribution in [3.05, 3.63) is 24.3 Å². The number of benzene rings is 1. The number of nitrogens with one attached hydrogen (secondary N) is 1. The number of hydrogen-bond acceptors (Lipinski definition) is 5. The third-order valence-corrected chi connectivity index (χ3v) is 5.07. The van der Waals surface area contributed by atoms with Gasteiger partial charge in [-0.3, -0.25) is 4.79 Å². The number of anilines is 1. The Morgan fingerprint density at radius 2 is 2.17 bits per heavy atom. The lowest BCUT2D eigenvalue weighted by molar-refractivity contribution is -0.120. The van der Waals surface area contributed by atoms with Gasteiger partial charge in [-0.1, -0.05) is 18.6 Å². The fourth-order valence-corrected chi connectivity index (χ4v) is 3.58.